The fourth-order valence-corrected chi connectivity index (χ4v) is 3.21. The van der Waals surface area contributed by atoms with E-state index in [4.69, 9.17) is 4.74 Å². The van der Waals surface area contributed by atoms with Crippen molar-refractivity contribution in [1.82, 2.24) is 19.7 Å². The van der Waals surface area contributed by atoms with Crippen LogP contribution < -0.4 is 5.32 Å². The van der Waals surface area contributed by atoms with Crippen LogP contribution in [0.4, 0.5) is 5.69 Å². The molecule has 2 aromatic rings. The Labute approximate surface area is 148 Å². The molecule has 7 heteroatoms. The van der Waals surface area contributed by atoms with Gasteiger partial charge in [-0.15, -0.1) is 0 Å². The maximum Gasteiger partial charge on any atom is 0.226 e. The third-order valence-electron chi connectivity index (χ3n) is 4.15. The molecule has 1 aliphatic rings. The third-order valence-corrected chi connectivity index (χ3v) is 4.15. The third kappa shape index (κ3) is 5.37. The largest absolute Gasteiger partial charge is 0.373 e. The number of nitrogens with one attached hydrogen (secondary N) is 1. The minimum absolute atomic E-state index is 0.0266. The summed E-state index contributed by atoms with van der Waals surface area (Å²) in [7, 11) is 0. The van der Waals surface area contributed by atoms with Crippen LogP contribution in [0.3, 0.4) is 0 Å². The van der Waals surface area contributed by atoms with Crippen LogP contribution in [0.15, 0.2) is 36.9 Å². The summed E-state index contributed by atoms with van der Waals surface area (Å²) in [6.45, 7) is 7.45. The van der Waals surface area contributed by atoms with Crippen LogP contribution in [0.1, 0.15) is 25.8 Å². The molecule has 1 aromatic heterocycles. The van der Waals surface area contributed by atoms with Crippen LogP contribution in [-0.4, -0.2) is 50.9 Å². The van der Waals surface area contributed by atoms with E-state index in [1.54, 1.807) is 11.0 Å². The number of carbonyl (C=O) groups excluding carboxylic acids is 1. The Morgan fingerprint density at radius 2 is 2.12 bits per heavy atom. The van der Waals surface area contributed by atoms with E-state index in [1.165, 1.54) is 11.9 Å². The number of morpholine rings is 1. The van der Waals surface area contributed by atoms with Crippen LogP contribution in [0.2, 0.25) is 0 Å². The normalized spacial score (nSPS) is 21.2. The highest BCUT2D eigenvalue weighted by Gasteiger charge is 2.22. The highest BCUT2D eigenvalue weighted by Crippen LogP contribution is 2.17. The predicted octanol–water partition coefficient (Wildman–Crippen LogP) is 1.92. The average molecular weight is 343 g/mol. The first-order valence-corrected chi connectivity index (χ1v) is 8.67. The van der Waals surface area contributed by atoms with Crippen molar-refractivity contribution in [3.8, 4) is 0 Å². The van der Waals surface area contributed by atoms with E-state index in [-0.39, 0.29) is 18.1 Å². The van der Waals surface area contributed by atoms with Crippen LogP contribution in [0.25, 0.3) is 0 Å². The Morgan fingerprint density at radius 3 is 2.84 bits per heavy atom. The lowest BCUT2D eigenvalue weighted by Gasteiger charge is -2.35. The standard InChI is InChI=1S/C18H25N5O2/c1-14-9-22(10-15(2)25-14)11-16-4-3-5-17(8-16)21-18(24)6-7-23-13-19-12-20-23/h3-5,8,12-15H,6-7,9-11H2,1-2H3,(H,21,24)/t14-,15+. The van der Waals surface area contributed by atoms with Crippen molar-refractivity contribution in [2.75, 3.05) is 18.4 Å². The van der Waals surface area contributed by atoms with Crippen molar-refractivity contribution in [3.63, 3.8) is 0 Å². The second kappa shape index (κ2) is 8.22. The zero-order chi connectivity index (χ0) is 17.6. The number of aryl methyl sites for hydroxylation is 1. The van der Waals surface area contributed by atoms with E-state index in [1.807, 2.05) is 18.2 Å². The smallest absolute Gasteiger partial charge is 0.226 e. The molecule has 134 valence electrons. The van der Waals surface area contributed by atoms with Gasteiger partial charge >= 0.3 is 0 Å². The molecule has 2 heterocycles. The highest BCUT2D eigenvalue weighted by molar-refractivity contribution is 5.90. The van der Waals surface area contributed by atoms with E-state index in [0.29, 0.717) is 13.0 Å². The van der Waals surface area contributed by atoms with Gasteiger partial charge in [-0.05, 0) is 31.5 Å². The number of rotatable bonds is 6. The van der Waals surface area contributed by atoms with Crippen molar-refractivity contribution >= 4 is 11.6 Å². The zero-order valence-corrected chi connectivity index (χ0v) is 14.8. The Balaban J connectivity index is 1.53. The number of hydrogen-bond donors (Lipinski definition) is 1. The fourth-order valence-electron chi connectivity index (χ4n) is 3.21. The molecule has 0 radical (unpaired) electrons. The molecule has 25 heavy (non-hydrogen) atoms. The first-order valence-electron chi connectivity index (χ1n) is 8.67. The van der Waals surface area contributed by atoms with Gasteiger partial charge in [-0.1, -0.05) is 12.1 Å². The Hall–Kier alpha value is -2.25. The number of benzene rings is 1. The second-order valence-corrected chi connectivity index (χ2v) is 6.61. The molecule has 7 nitrogen and oxygen atoms in total. The minimum atomic E-state index is -0.0266. The number of aromatic nitrogens is 3. The van der Waals surface area contributed by atoms with Crippen LogP contribution in [0, 0.1) is 0 Å². The number of hydrogen-bond acceptors (Lipinski definition) is 5. The molecule has 1 N–H and O–H groups in total. The van der Waals surface area contributed by atoms with Crippen molar-refractivity contribution in [1.29, 1.82) is 0 Å². The van der Waals surface area contributed by atoms with Crippen LogP contribution >= 0.6 is 0 Å². The summed E-state index contributed by atoms with van der Waals surface area (Å²) in [5, 5.41) is 6.95. The first-order chi connectivity index (χ1) is 12.1. The molecule has 0 spiro atoms. The zero-order valence-electron chi connectivity index (χ0n) is 14.8. The minimum Gasteiger partial charge on any atom is -0.373 e. The molecule has 0 aliphatic carbocycles. The molecule has 2 atom stereocenters. The number of anilines is 1. The van der Waals surface area contributed by atoms with Crippen molar-refractivity contribution in [2.24, 2.45) is 0 Å². The highest BCUT2D eigenvalue weighted by atomic mass is 16.5. The summed E-state index contributed by atoms with van der Waals surface area (Å²) < 4.78 is 7.43. The molecule has 1 saturated heterocycles. The SMILES string of the molecule is C[C@@H]1CN(Cc2cccc(NC(=O)CCn3cncn3)c2)C[C@H](C)O1. The maximum atomic E-state index is 12.1. The van der Waals surface area contributed by atoms with Gasteiger partial charge in [0.1, 0.15) is 12.7 Å². The van der Waals surface area contributed by atoms with Gasteiger partial charge in [-0.25, -0.2) is 4.98 Å². The Bertz CT molecular complexity index is 679. The van der Waals surface area contributed by atoms with Gasteiger partial charge in [0, 0.05) is 31.7 Å². The summed E-state index contributed by atoms with van der Waals surface area (Å²) in [4.78, 5) is 18.4. The van der Waals surface area contributed by atoms with E-state index in [9.17, 15) is 4.79 Å². The maximum absolute atomic E-state index is 12.1. The van der Waals surface area contributed by atoms with Crippen LogP contribution in [-0.2, 0) is 22.6 Å². The number of nitrogens with zero attached hydrogens (tertiary/aromatic N) is 4. The van der Waals surface area contributed by atoms with E-state index < -0.39 is 0 Å². The molecular weight excluding hydrogens is 318 g/mol. The van der Waals surface area contributed by atoms with Crippen molar-refractivity contribution in [3.05, 3.63) is 42.5 Å². The topological polar surface area (TPSA) is 72.3 Å². The van der Waals surface area contributed by atoms with Gasteiger partial charge in [0.2, 0.25) is 5.91 Å². The van der Waals surface area contributed by atoms with E-state index in [2.05, 4.69) is 40.2 Å². The van der Waals surface area contributed by atoms with Gasteiger partial charge < -0.3 is 10.1 Å². The molecule has 0 unspecified atom stereocenters. The lowest BCUT2D eigenvalue weighted by atomic mass is 10.1. The van der Waals surface area contributed by atoms with Crippen molar-refractivity contribution < 1.29 is 9.53 Å². The molecule has 1 aliphatic heterocycles. The van der Waals surface area contributed by atoms with Crippen molar-refractivity contribution in [2.45, 2.75) is 45.6 Å². The summed E-state index contributed by atoms with van der Waals surface area (Å²) in [6, 6.07) is 8.03. The molecule has 0 bridgehead atoms. The molecule has 1 aromatic carbocycles. The summed E-state index contributed by atoms with van der Waals surface area (Å²) in [5.41, 5.74) is 2.02. The lowest BCUT2D eigenvalue weighted by molar-refractivity contribution is -0.116. The number of carbonyl (C=O) groups is 1. The van der Waals surface area contributed by atoms with Gasteiger partial charge in [0.25, 0.3) is 0 Å². The quantitative estimate of drug-likeness (QED) is 0.867. The Kier molecular flexibility index (Phi) is 5.78. The average Bonchev–Trinajstić information content (AvgIpc) is 3.06. The molecule has 1 amide bonds. The van der Waals surface area contributed by atoms with E-state index in [0.717, 1.165) is 25.3 Å². The lowest BCUT2D eigenvalue weighted by Crippen LogP contribution is -2.44. The van der Waals surface area contributed by atoms with E-state index >= 15 is 0 Å². The van der Waals surface area contributed by atoms with Crippen LogP contribution in [0.5, 0.6) is 0 Å². The summed E-state index contributed by atoms with van der Waals surface area (Å²) in [6.07, 6.45) is 3.95. The molecular formula is C18H25N5O2. The van der Waals surface area contributed by atoms with Gasteiger partial charge in [-0.3, -0.25) is 14.4 Å². The predicted molar refractivity (Wildman–Crippen MR) is 95.0 cm³/mol. The second-order valence-electron chi connectivity index (χ2n) is 6.61. The Morgan fingerprint density at radius 1 is 1.32 bits per heavy atom. The summed E-state index contributed by atoms with van der Waals surface area (Å²) >= 11 is 0. The van der Waals surface area contributed by atoms with Gasteiger partial charge in [0.05, 0.1) is 18.8 Å². The van der Waals surface area contributed by atoms with Gasteiger partial charge in [0.15, 0.2) is 0 Å². The summed E-state index contributed by atoms with van der Waals surface area (Å²) in [5.74, 6) is -0.0266. The monoisotopic (exact) mass is 343 g/mol. The molecule has 1 fully saturated rings. The number of ether oxygens (including phenoxy) is 1. The fraction of sp³-hybridized carbons (Fsp3) is 0.500. The number of amides is 1. The van der Waals surface area contributed by atoms with Gasteiger partial charge in [-0.2, -0.15) is 5.10 Å². The first kappa shape index (κ1) is 17.6. The molecule has 3 rings (SSSR count). The molecule has 0 saturated carbocycles.